The lowest BCUT2D eigenvalue weighted by Gasteiger charge is -2.35. The van der Waals surface area contributed by atoms with Crippen molar-refractivity contribution in [2.45, 2.75) is 62.9 Å². The maximum Gasteiger partial charge on any atom is 0.230 e. The first-order chi connectivity index (χ1) is 12.3. The highest BCUT2D eigenvalue weighted by atomic mass is 16.2. The number of fused-ring (bicyclic) bond motifs is 2. The average Bonchev–Trinajstić information content (AvgIpc) is 3.41. The molecule has 1 amide bonds. The minimum atomic E-state index is 0.0679. The molecule has 0 aromatic heterocycles. The van der Waals surface area contributed by atoms with Crippen molar-refractivity contribution in [2.75, 3.05) is 0 Å². The van der Waals surface area contributed by atoms with Crippen LogP contribution in [0.3, 0.4) is 0 Å². The van der Waals surface area contributed by atoms with Gasteiger partial charge in [0.15, 0.2) is 0 Å². The molecule has 2 atom stereocenters. The zero-order chi connectivity index (χ0) is 16.8. The molecular weight excluding hydrogens is 306 g/mol. The first-order valence-electron chi connectivity index (χ1n) is 9.80. The van der Waals surface area contributed by atoms with E-state index in [9.17, 15) is 4.79 Å². The molecule has 128 valence electrons. The summed E-state index contributed by atoms with van der Waals surface area (Å²) in [6.07, 6.45) is 7.82. The van der Waals surface area contributed by atoms with Crippen LogP contribution in [-0.4, -0.2) is 16.8 Å². The van der Waals surface area contributed by atoms with E-state index >= 15 is 0 Å². The zero-order valence-corrected chi connectivity index (χ0v) is 14.7. The van der Waals surface area contributed by atoms with Gasteiger partial charge in [-0.25, -0.2) is 0 Å². The predicted molar refractivity (Wildman–Crippen MR) is 99.5 cm³/mol. The van der Waals surface area contributed by atoms with Gasteiger partial charge in [0, 0.05) is 6.04 Å². The summed E-state index contributed by atoms with van der Waals surface area (Å²) in [5.41, 5.74) is 5.51. The second-order valence-electron chi connectivity index (χ2n) is 7.87. The standard InChI is InChI=1S/C23H25NO/c25-23(21-11-5-8-16-6-1-3-9-19(16)21)24(18-13-14-18)22-15-12-17-7-2-4-10-20(17)22/h1-4,6-7,9-10,18,21-22H,5,8,11-15H2/t21-,22-/m1/s1. The van der Waals surface area contributed by atoms with Crippen molar-refractivity contribution < 1.29 is 4.79 Å². The number of nitrogens with zero attached hydrogens (tertiary/aromatic N) is 1. The quantitative estimate of drug-likeness (QED) is 0.792. The number of hydrogen-bond donors (Lipinski definition) is 0. The van der Waals surface area contributed by atoms with Gasteiger partial charge in [0.2, 0.25) is 5.91 Å². The Morgan fingerprint density at radius 1 is 0.800 bits per heavy atom. The first kappa shape index (κ1) is 15.2. The Labute approximate surface area is 149 Å². The molecule has 3 aliphatic carbocycles. The molecule has 0 unspecified atom stereocenters. The smallest absolute Gasteiger partial charge is 0.230 e. The zero-order valence-electron chi connectivity index (χ0n) is 14.7. The third-order valence-electron chi connectivity index (χ3n) is 6.30. The van der Waals surface area contributed by atoms with Crippen LogP contribution >= 0.6 is 0 Å². The van der Waals surface area contributed by atoms with Crippen molar-refractivity contribution in [2.24, 2.45) is 0 Å². The molecule has 5 rings (SSSR count). The number of aryl methyl sites for hydroxylation is 2. The number of benzene rings is 2. The van der Waals surface area contributed by atoms with Crippen LogP contribution in [0.5, 0.6) is 0 Å². The Hall–Kier alpha value is -2.09. The lowest BCUT2D eigenvalue weighted by Crippen LogP contribution is -2.40. The summed E-state index contributed by atoms with van der Waals surface area (Å²) in [5, 5.41) is 0. The van der Waals surface area contributed by atoms with E-state index in [0.29, 0.717) is 18.0 Å². The van der Waals surface area contributed by atoms with E-state index < -0.39 is 0 Å². The van der Waals surface area contributed by atoms with Crippen molar-refractivity contribution in [1.82, 2.24) is 4.90 Å². The summed E-state index contributed by atoms with van der Waals surface area (Å²) in [5.74, 6) is 0.453. The Morgan fingerprint density at radius 2 is 1.48 bits per heavy atom. The van der Waals surface area contributed by atoms with Crippen molar-refractivity contribution >= 4 is 5.91 Å². The molecule has 0 N–H and O–H groups in total. The van der Waals surface area contributed by atoms with Crippen LogP contribution in [0, 0.1) is 0 Å². The molecule has 25 heavy (non-hydrogen) atoms. The molecule has 0 radical (unpaired) electrons. The van der Waals surface area contributed by atoms with E-state index in [2.05, 4.69) is 53.4 Å². The van der Waals surface area contributed by atoms with Gasteiger partial charge in [-0.05, 0) is 67.2 Å². The van der Waals surface area contributed by atoms with E-state index in [4.69, 9.17) is 0 Å². The predicted octanol–water partition coefficient (Wildman–Crippen LogP) is 4.79. The molecule has 2 aromatic carbocycles. The fourth-order valence-electron chi connectivity index (χ4n) is 4.95. The molecule has 0 saturated heterocycles. The Balaban J connectivity index is 1.49. The van der Waals surface area contributed by atoms with Crippen LogP contribution in [-0.2, 0) is 17.6 Å². The Kier molecular flexibility index (Phi) is 3.65. The second kappa shape index (κ2) is 6.01. The van der Waals surface area contributed by atoms with Crippen LogP contribution < -0.4 is 0 Å². The highest BCUT2D eigenvalue weighted by Crippen LogP contribution is 2.44. The van der Waals surface area contributed by atoms with Gasteiger partial charge in [0.05, 0.1) is 12.0 Å². The average molecular weight is 331 g/mol. The summed E-state index contributed by atoms with van der Waals surface area (Å²) in [6.45, 7) is 0. The maximum atomic E-state index is 13.7. The van der Waals surface area contributed by atoms with Crippen LogP contribution in [0.1, 0.15) is 66.3 Å². The van der Waals surface area contributed by atoms with Gasteiger partial charge in [0.1, 0.15) is 0 Å². The van der Waals surface area contributed by atoms with Gasteiger partial charge in [-0.15, -0.1) is 0 Å². The van der Waals surface area contributed by atoms with Crippen LogP contribution in [0.2, 0.25) is 0 Å². The summed E-state index contributed by atoms with van der Waals surface area (Å²) < 4.78 is 0. The fraction of sp³-hybridized carbons (Fsp3) is 0.435. The lowest BCUT2D eigenvalue weighted by molar-refractivity contribution is -0.136. The summed E-state index contributed by atoms with van der Waals surface area (Å²) in [7, 11) is 0. The van der Waals surface area contributed by atoms with E-state index in [1.807, 2.05) is 0 Å². The monoisotopic (exact) mass is 331 g/mol. The first-order valence-corrected chi connectivity index (χ1v) is 9.80. The molecule has 2 heteroatoms. The molecule has 2 nitrogen and oxygen atoms in total. The van der Waals surface area contributed by atoms with Gasteiger partial charge in [0.25, 0.3) is 0 Å². The molecule has 0 heterocycles. The largest absolute Gasteiger partial charge is 0.332 e. The second-order valence-corrected chi connectivity index (χ2v) is 7.87. The molecule has 3 aliphatic rings. The normalized spacial score (nSPS) is 24.5. The molecular formula is C23H25NO. The van der Waals surface area contributed by atoms with Gasteiger partial charge >= 0.3 is 0 Å². The summed E-state index contributed by atoms with van der Waals surface area (Å²) in [6, 6.07) is 18.1. The molecule has 0 spiro atoms. The maximum absolute atomic E-state index is 13.7. The minimum absolute atomic E-state index is 0.0679. The van der Waals surface area contributed by atoms with E-state index in [0.717, 1.165) is 32.1 Å². The number of carbonyl (C=O) groups excluding carboxylic acids is 1. The molecule has 1 saturated carbocycles. The Morgan fingerprint density at radius 3 is 2.24 bits per heavy atom. The molecule has 0 aliphatic heterocycles. The lowest BCUT2D eigenvalue weighted by atomic mass is 9.81. The Bertz CT molecular complexity index is 807. The number of rotatable bonds is 3. The van der Waals surface area contributed by atoms with Gasteiger partial charge < -0.3 is 4.90 Å². The third-order valence-corrected chi connectivity index (χ3v) is 6.30. The number of hydrogen-bond acceptors (Lipinski definition) is 1. The number of carbonyl (C=O) groups is 1. The van der Waals surface area contributed by atoms with E-state index in [-0.39, 0.29) is 5.92 Å². The van der Waals surface area contributed by atoms with Crippen molar-refractivity contribution in [3.05, 3.63) is 70.8 Å². The number of amides is 1. The molecule has 2 aromatic rings. The van der Waals surface area contributed by atoms with Crippen LogP contribution in [0.4, 0.5) is 0 Å². The SMILES string of the molecule is O=C([C@@H]1CCCc2ccccc21)N(C1CC1)[C@@H]1CCc2ccccc21. The highest BCUT2D eigenvalue weighted by Gasteiger charge is 2.43. The van der Waals surface area contributed by atoms with Crippen LogP contribution in [0.15, 0.2) is 48.5 Å². The van der Waals surface area contributed by atoms with E-state index in [1.54, 1.807) is 0 Å². The van der Waals surface area contributed by atoms with Gasteiger partial charge in [-0.2, -0.15) is 0 Å². The minimum Gasteiger partial charge on any atom is -0.332 e. The van der Waals surface area contributed by atoms with Crippen molar-refractivity contribution in [3.63, 3.8) is 0 Å². The van der Waals surface area contributed by atoms with Crippen molar-refractivity contribution in [3.8, 4) is 0 Å². The van der Waals surface area contributed by atoms with Crippen molar-refractivity contribution in [1.29, 1.82) is 0 Å². The van der Waals surface area contributed by atoms with Crippen LogP contribution in [0.25, 0.3) is 0 Å². The summed E-state index contributed by atoms with van der Waals surface area (Å²) >= 11 is 0. The van der Waals surface area contributed by atoms with E-state index in [1.165, 1.54) is 35.1 Å². The molecule has 0 bridgehead atoms. The topological polar surface area (TPSA) is 20.3 Å². The highest BCUT2D eigenvalue weighted by molar-refractivity contribution is 5.85. The fourth-order valence-corrected chi connectivity index (χ4v) is 4.95. The van der Waals surface area contributed by atoms with Gasteiger partial charge in [-0.3, -0.25) is 4.79 Å². The molecule has 1 fully saturated rings. The summed E-state index contributed by atoms with van der Waals surface area (Å²) in [4.78, 5) is 16.0. The third kappa shape index (κ3) is 2.59. The van der Waals surface area contributed by atoms with Gasteiger partial charge in [-0.1, -0.05) is 48.5 Å².